The summed E-state index contributed by atoms with van der Waals surface area (Å²) in [5, 5.41) is 2.98. The van der Waals surface area contributed by atoms with Crippen molar-refractivity contribution in [1.29, 1.82) is 0 Å². The lowest BCUT2D eigenvalue weighted by Crippen LogP contribution is -2.46. The van der Waals surface area contributed by atoms with Gasteiger partial charge in [0.15, 0.2) is 0 Å². The molecule has 0 unspecified atom stereocenters. The largest absolute Gasteiger partial charge is 0.497 e. The molecule has 1 N–H and O–H groups in total. The van der Waals surface area contributed by atoms with Crippen molar-refractivity contribution in [1.82, 2.24) is 9.62 Å². The van der Waals surface area contributed by atoms with Crippen molar-refractivity contribution in [3.8, 4) is 5.75 Å². The van der Waals surface area contributed by atoms with Gasteiger partial charge in [0, 0.05) is 25.6 Å². The van der Waals surface area contributed by atoms with Crippen LogP contribution in [0.3, 0.4) is 0 Å². The number of amides is 1. The zero-order valence-corrected chi connectivity index (χ0v) is 17.1. The lowest BCUT2D eigenvalue weighted by atomic mass is 10.1. The molecule has 2 aromatic rings. The highest BCUT2D eigenvalue weighted by Crippen LogP contribution is 2.23. The number of methoxy groups -OCH3 is 1. The maximum Gasteiger partial charge on any atom is 0.243 e. The second kappa shape index (κ2) is 9.37. The quantitative estimate of drug-likeness (QED) is 0.747. The summed E-state index contributed by atoms with van der Waals surface area (Å²) in [6.07, 6.45) is 1.99. The van der Waals surface area contributed by atoms with Gasteiger partial charge in [0.1, 0.15) is 11.6 Å². The lowest BCUT2D eigenvalue weighted by molar-refractivity contribution is -0.122. The molecule has 156 valence electrons. The number of hydrogen-bond acceptors (Lipinski definition) is 4. The van der Waals surface area contributed by atoms with Crippen LogP contribution in [-0.2, 0) is 21.2 Å². The first kappa shape index (κ1) is 21.3. The predicted octanol–water partition coefficient (Wildman–Crippen LogP) is 2.74. The van der Waals surface area contributed by atoms with Gasteiger partial charge in [-0.1, -0.05) is 12.1 Å². The van der Waals surface area contributed by atoms with E-state index in [0.29, 0.717) is 44.5 Å². The molecule has 8 heteroatoms. The maximum atomic E-state index is 12.9. The van der Waals surface area contributed by atoms with Gasteiger partial charge in [-0.2, -0.15) is 4.31 Å². The molecule has 0 bridgehead atoms. The molecule has 1 aliphatic heterocycles. The van der Waals surface area contributed by atoms with Crippen molar-refractivity contribution in [2.75, 3.05) is 20.2 Å². The van der Waals surface area contributed by atoms with E-state index < -0.39 is 10.0 Å². The first-order valence-electron chi connectivity index (χ1n) is 9.56. The number of nitrogens with one attached hydrogen (secondary N) is 1. The number of carbonyl (C=O) groups is 1. The van der Waals surface area contributed by atoms with E-state index in [-0.39, 0.29) is 22.7 Å². The molecule has 1 fully saturated rings. The molecule has 0 atom stereocenters. The molecule has 29 heavy (non-hydrogen) atoms. The van der Waals surface area contributed by atoms with E-state index in [2.05, 4.69) is 5.32 Å². The summed E-state index contributed by atoms with van der Waals surface area (Å²) >= 11 is 0. The minimum absolute atomic E-state index is 0.0435. The van der Waals surface area contributed by atoms with Crippen LogP contribution in [0.1, 0.15) is 24.8 Å². The Balaban J connectivity index is 1.47. The zero-order valence-electron chi connectivity index (χ0n) is 16.3. The monoisotopic (exact) mass is 420 g/mol. The molecule has 0 radical (unpaired) electrons. The van der Waals surface area contributed by atoms with Crippen molar-refractivity contribution in [3.05, 3.63) is 59.9 Å². The highest BCUT2D eigenvalue weighted by Gasteiger charge is 2.29. The van der Waals surface area contributed by atoms with Gasteiger partial charge in [-0.05, 0) is 61.2 Å². The molecule has 1 saturated heterocycles. The third-order valence-corrected chi connectivity index (χ3v) is 6.98. The molecule has 1 aliphatic rings. The van der Waals surface area contributed by atoms with Crippen molar-refractivity contribution in [3.63, 3.8) is 0 Å². The topological polar surface area (TPSA) is 75.7 Å². The second-order valence-electron chi connectivity index (χ2n) is 7.05. The molecular formula is C21H25FN2O4S. The first-order chi connectivity index (χ1) is 13.9. The van der Waals surface area contributed by atoms with Crippen LogP contribution in [0.5, 0.6) is 5.75 Å². The third kappa shape index (κ3) is 5.55. The molecular weight excluding hydrogens is 395 g/mol. The number of rotatable bonds is 7. The summed E-state index contributed by atoms with van der Waals surface area (Å²) in [6, 6.07) is 12.4. The van der Waals surface area contributed by atoms with E-state index in [1.54, 1.807) is 24.3 Å². The van der Waals surface area contributed by atoms with Crippen molar-refractivity contribution < 1.29 is 22.3 Å². The van der Waals surface area contributed by atoms with Gasteiger partial charge in [-0.3, -0.25) is 4.79 Å². The van der Waals surface area contributed by atoms with Gasteiger partial charge in [0.05, 0.1) is 12.0 Å². The van der Waals surface area contributed by atoms with E-state index in [9.17, 15) is 17.6 Å². The van der Waals surface area contributed by atoms with Gasteiger partial charge in [-0.15, -0.1) is 0 Å². The first-order valence-corrected chi connectivity index (χ1v) is 11.0. The number of piperidine rings is 1. The highest BCUT2D eigenvalue weighted by molar-refractivity contribution is 7.89. The Bertz CT molecular complexity index is 922. The average molecular weight is 421 g/mol. The summed E-state index contributed by atoms with van der Waals surface area (Å²) < 4.78 is 45.0. The molecule has 2 aromatic carbocycles. The summed E-state index contributed by atoms with van der Waals surface area (Å²) in [6.45, 7) is 0.717. The van der Waals surface area contributed by atoms with Crippen molar-refractivity contribution >= 4 is 15.9 Å². The summed E-state index contributed by atoms with van der Waals surface area (Å²) in [7, 11) is -2.02. The number of sulfonamides is 1. The minimum atomic E-state index is -3.55. The Labute approximate surface area is 170 Å². The fourth-order valence-electron chi connectivity index (χ4n) is 3.35. The average Bonchev–Trinajstić information content (AvgIpc) is 2.74. The SMILES string of the molecule is COc1ccc(S(=O)(=O)N2CCC(NC(=O)CCc3ccc(F)cc3)CC2)cc1. The van der Waals surface area contributed by atoms with Crippen LogP contribution in [0.4, 0.5) is 4.39 Å². The van der Waals surface area contributed by atoms with E-state index in [0.717, 1.165) is 5.56 Å². The third-order valence-electron chi connectivity index (χ3n) is 5.07. The second-order valence-corrected chi connectivity index (χ2v) is 8.99. The van der Waals surface area contributed by atoms with E-state index >= 15 is 0 Å². The zero-order chi connectivity index (χ0) is 20.9. The van der Waals surface area contributed by atoms with Crippen LogP contribution in [0, 0.1) is 5.82 Å². The normalized spacial score (nSPS) is 15.8. The number of ether oxygens (including phenoxy) is 1. The number of nitrogens with zero attached hydrogens (tertiary/aromatic N) is 1. The fourth-order valence-corrected chi connectivity index (χ4v) is 4.82. The molecule has 6 nitrogen and oxygen atoms in total. The number of aryl methyl sites for hydroxylation is 1. The maximum absolute atomic E-state index is 12.9. The number of benzene rings is 2. The van der Waals surface area contributed by atoms with E-state index in [1.807, 2.05) is 0 Å². The molecule has 0 saturated carbocycles. The minimum Gasteiger partial charge on any atom is -0.497 e. The van der Waals surface area contributed by atoms with Crippen molar-refractivity contribution in [2.45, 2.75) is 36.6 Å². The van der Waals surface area contributed by atoms with E-state index in [1.165, 1.54) is 35.7 Å². The van der Waals surface area contributed by atoms with Crippen LogP contribution in [0.25, 0.3) is 0 Å². The number of halogens is 1. The molecule has 0 aromatic heterocycles. The van der Waals surface area contributed by atoms with Crippen LogP contribution in [0.2, 0.25) is 0 Å². The summed E-state index contributed by atoms with van der Waals surface area (Å²) in [5.74, 6) is 0.228. The summed E-state index contributed by atoms with van der Waals surface area (Å²) in [5.41, 5.74) is 0.905. The van der Waals surface area contributed by atoms with Gasteiger partial charge in [0.25, 0.3) is 0 Å². The smallest absolute Gasteiger partial charge is 0.243 e. The Morgan fingerprint density at radius 2 is 1.72 bits per heavy atom. The molecule has 0 spiro atoms. The Morgan fingerprint density at radius 3 is 2.31 bits per heavy atom. The van der Waals surface area contributed by atoms with E-state index in [4.69, 9.17) is 4.74 Å². The van der Waals surface area contributed by atoms with Gasteiger partial charge >= 0.3 is 0 Å². The number of carbonyl (C=O) groups excluding carboxylic acids is 1. The molecule has 3 rings (SSSR count). The predicted molar refractivity (Wildman–Crippen MR) is 108 cm³/mol. The highest BCUT2D eigenvalue weighted by atomic mass is 32.2. The molecule has 0 aliphatic carbocycles. The standard InChI is InChI=1S/C21H25FN2O4S/c1-28-19-7-9-20(10-8-19)29(26,27)24-14-12-18(13-15-24)23-21(25)11-4-16-2-5-17(22)6-3-16/h2-3,5-10,18H,4,11-15H2,1H3,(H,23,25). The molecule has 1 heterocycles. The van der Waals surface area contributed by atoms with Gasteiger partial charge in [-0.25, -0.2) is 12.8 Å². The molecule has 1 amide bonds. The van der Waals surface area contributed by atoms with Crippen LogP contribution in [0.15, 0.2) is 53.4 Å². The van der Waals surface area contributed by atoms with Gasteiger partial charge < -0.3 is 10.1 Å². The Morgan fingerprint density at radius 1 is 1.10 bits per heavy atom. The van der Waals surface area contributed by atoms with Crippen LogP contribution < -0.4 is 10.1 Å². The van der Waals surface area contributed by atoms with Crippen molar-refractivity contribution in [2.24, 2.45) is 0 Å². The number of hydrogen-bond donors (Lipinski definition) is 1. The van der Waals surface area contributed by atoms with Crippen LogP contribution in [-0.4, -0.2) is 44.9 Å². The summed E-state index contributed by atoms with van der Waals surface area (Å²) in [4.78, 5) is 12.4. The lowest BCUT2D eigenvalue weighted by Gasteiger charge is -2.31. The van der Waals surface area contributed by atoms with Gasteiger partial charge in [0.2, 0.25) is 15.9 Å². The fraction of sp³-hybridized carbons (Fsp3) is 0.381. The van der Waals surface area contributed by atoms with Crippen LogP contribution >= 0.6 is 0 Å². The Hall–Kier alpha value is -2.45. The Kier molecular flexibility index (Phi) is 6.87.